The average Bonchev–Trinajstić information content (AvgIpc) is 2.62. The van der Waals surface area contributed by atoms with Gasteiger partial charge in [-0.2, -0.15) is 0 Å². The molecule has 0 radical (unpaired) electrons. The Labute approximate surface area is 150 Å². The first-order chi connectivity index (χ1) is 12.2. The number of fused-ring (bicyclic) bond motifs is 2. The fraction of sp³-hybridized carbons (Fsp3) is 0.667. The fourth-order valence-corrected chi connectivity index (χ4v) is 5.42. The van der Waals surface area contributed by atoms with Crippen LogP contribution < -0.4 is 5.32 Å². The first kappa shape index (κ1) is 17.0. The number of amides is 1. The van der Waals surface area contributed by atoms with Crippen LogP contribution in [-0.4, -0.2) is 35.0 Å². The number of carbonyl (C=O) groups is 1. The third-order valence-corrected chi connectivity index (χ3v) is 6.48. The summed E-state index contributed by atoms with van der Waals surface area (Å²) in [6, 6.07) is 8.41. The summed E-state index contributed by atoms with van der Waals surface area (Å²) in [5, 5.41) is 3.12. The highest BCUT2D eigenvalue weighted by atomic mass is 19.1. The summed E-state index contributed by atoms with van der Waals surface area (Å²) in [7, 11) is 0. The van der Waals surface area contributed by atoms with Crippen molar-refractivity contribution < 1.29 is 9.18 Å². The molecule has 2 saturated heterocycles. The molecule has 1 unspecified atom stereocenters. The van der Waals surface area contributed by atoms with E-state index in [0.717, 1.165) is 18.9 Å². The molecule has 1 aromatic carbocycles. The largest absolute Gasteiger partial charge is 0.349 e. The van der Waals surface area contributed by atoms with Crippen LogP contribution in [0.25, 0.3) is 0 Å². The van der Waals surface area contributed by atoms with Gasteiger partial charge in [0.25, 0.3) is 5.91 Å². The summed E-state index contributed by atoms with van der Waals surface area (Å²) < 4.78 is 13.9. The Bertz CT molecular complexity index is 600. The maximum Gasteiger partial charge on any atom is 0.254 e. The smallest absolute Gasteiger partial charge is 0.254 e. The number of halogens is 1. The van der Waals surface area contributed by atoms with Crippen molar-refractivity contribution in [1.82, 2.24) is 10.2 Å². The van der Waals surface area contributed by atoms with Gasteiger partial charge in [0.05, 0.1) is 5.56 Å². The van der Waals surface area contributed by atoms with Gasteiger partial charge in [-0.25, -0.2) is 4.39 Å². The van der Waals surface area contributed by atoms with Gasteiger partial charge in [0.15, 0.2) is 0 Å². The average molecular weight is 344 g/mol. The third-order valence-electron chi connectivity index (χ3n) is 6.48. The normalized spacial score (nSPS) is 30.8. The Kier molecular flexibility index (Phi) is 5.07. The minimum Gasteiger partial charge on any atom is -0.349 e. The lowest BCUT2D eigenvalue weighted by atomic mass is 9.78. The molecule has 25 heavy (non-hydrogen) atoms. The van der Waals surface area contributed by atoms with E-state index < -0.39 is 5.82 Å². The van der Waals surface area contributed by atoms with Crippen LogP contribution >= 0.6 is 0 Å². The van der Waals surface area contributed by atoms with Gasteiger partial charge in [-0.05, 0) is 50.7 Å². The van der Waals surface area contributed by atoms with Crippen molar-refractivity contribution in [2.45, 2.75) is 88.4 Å². The van der Waals surface area contributed by atoms with E-state index in [1.807, 2.05) is 0 Å². The van der Waals surface area contributed by atoms with Crippen LogP contribution in [0.15, 0.2) is 24.3 Å². The van der Waals surface area contributed by atoms with E-state index in [4.69, 9.17) is 0 Å². The zero-order valence-corrected chi connectivity index (χ0v) is 14.9. The molecule has 2 bridgehead atoms. The molecule has 3 nitrogen and oxygen atoms in total. The van der Waals surface area contributed by atoms with Crippen LogP contribution in [0.3, 0.4) is 0 Å². The molecule has 0 aromatic heterocycles. The lowest BCUT2D eigenvalue weighted by Gasteiger charge is -2.53. The summed E-state index contributed by atoms with van der Waals surface area (Å²) in [5.41, 5.74) is 0.169. The Morgan fingerprint density at radius 1 is 0.920 bits per heavy atom. The van der Waals surface area contributed by atoms with Gasteiger partial charge in [-0.1, -0.05) is 37.8 Å². The molecule has 136 valence electrons. The lowest BCUT2D eigenvalue weighted by Crippen LogP contribution is -2.60. The molecule has 4 rings (SSSR count). The van der Waals surface area contributed by atoms with Crippen LogP contribution in [0.5, 0.6) is 0 Å². The highest BCUT2D eigenvalue weighted by Gasteiger charge is 2.42. The molecule has 1 aliphatic carbocycles. The number of benzene rings is 1. The van der Waals surface area contributed by atoms with Crippen molar-refractivity contribution in [1.29, 1.82) is 0 Å². The minimum absolute atomic E-state index is 0.169. The summed E-state index contributed by atoms with van der Waals surface area (Å²) in [5.74, 6) is -0.688. The first-order valence-electron chi connectivity index (χ1n) is 10.0. The van der Waals surface area contributed by atoms with E-state index in [2.05, 4.69) is 10.2 Å². The van der Waals surface area contributed by atoms with Gasteiger partial charge in [0.2, 0.25) is 0 Å². The Balaban J connectivity index is 1.43. The van der Waals surface area contributed by atoms with E-state index in [1.165, 1.54) is 57.4 Å². The van der Waals surface area contributed by atoms with Gasteiger partial charge in [-0.3, -0.25) is 9.69 Å². The summed E-state index contributed by atoms with van der Waals surface area (Å²) in [4.78, 5) is 15.3. The van der Waals surface area contributed by atoms with Crippen molar-refractivity contribution >= 4 is 5.91 Å². The van der Waals surface area contributed by atoms with Crippen molar-refractivity contribution in [2.75, 3.05) is 0 Å². The van der Waals surface area contributed by atoms with Gasteiger partial charge >= 0.3 is 0 Å². The van der Waals surface area contributed by atoms with E-state index in [9.17, 15) is 9.18 Å². The van der Waals surface area contributed by atoms with Gasteiger partial charge < -0.3 is 5.32 Å². The van der Waals surface area contributed by atoms with Crippen molar-refractivity contribution in [3.05, 3.63) is 35.6 Å². The molecule has 3 aliphatic rings. The second-order valence-corrected chi connectivity index (χ2v) is 8.10. The van der Waals surface area contributed by atoms with Crippen LogP contribution in [0.4, 0.5) is 4.39 Å². The summed E-state index contributed by atoms with van der Waals surface area (Å²) in [6.45, 7) is 0. The molecule has 3 atom stereocenters. The Hall–Kier alpha value is -1.42. The van der Waals surface area contributed by atoms with E-state index >= 15 is 0 Å². The molecule has 4 heteroatoms. The first-order valence-corrected chi connectivity index (χ1v) is 10.0. The van der Waals surface area contributed by atoms with Gasteiger partial charge in [0, 0.05) is 24.2 Å². The van der Waals surface area contributed by atoms with Gasteiger partial charge in [-0.15, -0.1) is 0 Å². The molecule has 1 N–H and O–H groups in total. The standard InChI is InChI=1S/C21H29FN2O/c22-20-12-5-4-11-19(20)21(25)23-15-13-17-9-6-10-18(14-15)24(17)16-7-2-1-3-8-16/h4-5,11-12,15-18H,1-3,6-10,13-14H2,(H,23,25)/t15?,17-,18+. The van der Waals surface area contributed by atoms with Crippen molar-refractivity contribution in [2.24, 2.45) is 0 Å². The molecule has 3 fully saturated rings. The minimum atomic E-state index is -0.431. The van der Waals surface area contributed by atoms with Crippen LogP contribution in [-0.2, 0) is 0 Å². The molecule has 1 saturated carbocycles. The van der Waals surface area contributed by atoms with Crippen LogP contribution in [0, 0.1) is 5.82 Å². The predicted molar refractivity (Wildman–Crippen MR) is 97.0 cm³/mol. The quantitative estimate of drug-likeness (QED) is 0.888. The van der Waals surface area contributed by atoms with Crippen LogP contribution in [0.2, 0.25) is 0 Å². The highest BCUT2D eigenvalue weighted by Crippen LogP contribution is 2.39. The fourth-order valence-electron chi connectivity index (χ4n) is 5.42. The van der Waals surface area contributed by atoms with Gasteiger partial charge in [0.1, 0.15) is 5.82 Å². The van der Waals surface area contributed by atoms with E-state index in [-0.39, 0.29) is 17.5 Å². The number of piperidine rings is 2. The summed E-state index contributed by atoms with van der Waals surface area (Å²) >= 11 is 0. The number of nitrogens with one attached hydrogen (secondary N) is 1. The number of hydrogen-bond acceptors (Lipinski definition) is 2. The number of rotatable bonds is 3. The zero-order valence-electron chi connectivity index (χ0n) is 14.9. The number of nitrogens with zero attached hydrogens (tertiary/aromatic N) is 1. The lowest BCUT2D eigenvalue weighted by molar-refractivity contribution is -0.0212. The predicted octanol–water partition coefficient (Wildman–Crippen LogP) is 4.27. The Morgan fingerprint density at radius 2 is 1.56 bits per heavy atom. The molecule has 2 aliphatic heterocycles. The topological polar surface area (TPSA) is 32.3 Å². The monoisotopic (exact) mass is 344 g/mol. The number of hydrogen-bond donors (Lipinski definition) is 1. The maximum atomic E-state index is 13.9. The molecule has 1 aromatic rings. The van der Waals surface area contributed by atoms with Crippen molar-refractivity contribution in [3.8, 4) is 0 Å². The SMILES string of the molecule is O=C(NC1C[C@H]2CCC[C@@H](C1)N2C1CCCCC1)c1ccccc1F. The van der Waals surface area contributed by atoms with E-state index in [0.29, 0.717) is 12.1 Å². The molecular formula is C21H29FN2O. The zero-order chi connectivity index (χ0) is 17.2. The molecular weight excluding hydrogens is 315 g/mol. The number of carbonyl (C=O) groups excluding carboxylic acids is 1. The highest BCUT2D eigenvalue weighted by molar-refractivity contribution is 5.94. The van der Waals surface area contributed by atoms with Crippen LogP contribution in [0.1, 0.15) is 74.6 Å². The Morgan fingerprint density at radius 3 is 2.24 bits per heavy atom. The second-order valence-electron chi connectivity index (χ2n) is 8.10. The second kappa shape index (κ2) is 7.45. The molecule has 0 spiro atoms. The molecule has 2 heterocycles. The summed E-state index contributed by atoms with van der Waals surface area (Å²) in [6.07, 6.45) is 12.7. The van der Waals surface area contributed by atoms with E-state index in [1.54, 1.807) is 18.2 Å². The molecule has 1 amide bonds. The van der Waals surface area contributed by atoms with Crippen molar-refractivity contribution in [3.63, 3.8) is 0 Å². The maximum absolute atomic E-state index is 13.9. The third kappa shape index (κ3) is 3.59.